The SMILES string of the molecule is CCOC(=O)CCCNC(=O)CC(C)C1CCNCC1.Cl. The van der Waals surface area contributed by atoms with Crippen LogP contribution in [0.1, 0.15) is 46.0 Å². The Morgan fingerprint density at radius 2 is 2.00 bits per heavy atom. The molecule has 1 rings (SSSR count). The van der Waals surface area contributed by atoms with Crippen molar-refractivity contribution < 1.29 is 14.3 Å². The van der Waals surface area contributed by atoms with Crippen LogP contribution >= 0.6 is 12.4 Å². The van der Waals surface area contributed by atoms with Crippen molar-refractivity contribution in [3.05, 3.63) is 0 Å². The molecule has 5 nitrogen and oxygen atoms in total. The van der Waals surface area contributed by atoms with E-state index in [9.17, 15) is 9.59 Å². The Labute approximate surface area is 134 Å². The van der Waals surface area contributed by atoms with Gasteiger partial charge >= 0.3 is 5.97 Å². The summed E-state index contributed by atoms with van der Waals surface area (Å²) in [4.78, 5) is 23.0. The van der Waals surface area contributed by atoms with Crippen molar-refractivity contribution in [3.63, 3.8) is 0 Å². The van der Waals surface area contributed by atoms with E-state index in [0.29, 0.717) is 44.2 Å². The fourth-order valence-electron chi connectivity index (χ4n) is 2.64. The van der Waals surface area contributed by atoms with Crippen LogP contribution in [0, 0.1) is 11.8 Å². The summed E-state index contributed by atoms with van der Waals surface area (Å²) in [7, 11) is 0. The number of halogens is 1. The van der Waals surface area contributed by atoms with Gasteiger partial charge in [0.05, 0.1) is 6.61 Å². The molecule has 1 unspecified atom stereocenters. The first-order valence-electron chi connectivity index (χ1n) is 7.76. The third-order valence-corrected chi connectivity index (χ3v) is 3.88. The molecule has 2 N–H and O–H groups in total. The van der Waals surface area contributed by atoms with Crippen molar-refractivity contribution in [2.24, 2.45) is 11.8 Å². The summed E-state index contributed by atoms with van der Waals surface area (Å²) in [5.74, 6) is 0.994. The van der Waals surface area contributed by atoms with Gasteiger partial charge in [0.1, 0.15) is 0 Å². The highest BCUT2D eigenvalue weighted by Gasteiger charge is 2.21. The molecule has 0 aromatic heterocycles. The molecule has 0 aliphatic carbocycles. The van der Waals surface area contributed by atoms with Crippen molar-refractivity contribution in [1.29, 1.82) is 0 Å². The van der Waals surface area contributed by atoms with Crippen molar-refractivity contribution in [3.8, 4) is 0 Å². The van der Waals surface area contributed by atoms with Gasteiger partial charge in [-0.3, -0.25) is 9.59 Å². The van der Waals surface area contributed by atoms with Crippen LogP contribution in [0.15, 0.2) is 0 Å². The Bertz CT molecular complexity index is 307. The van der Waals surface area contributed by atoms with E-state index in [2.05, 4.69) is 17.6 Å². The Morgan fingerprint density at radius 3 is 2.62 bits per heavy atom. The maximum atomic E-state index is 11.8. The number of hydrogen-bond donors (Lipinski definition) is 2. The van der Waals surface area contributed by atoms with E-state index in [4.69, 9.17) is 4.74 Å². The first-order chi connectivity index (χ1) is 9.63. The Morgan fingerprint density at radius 1 is 1.33 bits per heavy atom. The molecule has 0 saturated carbocycles. The summed E-state index contributed by atoms with van der Waals surface area (Å²) in [6.07, 6.45) is 3.93. The fraction of sp³-hybridized carbons (Fsp3) is 0.867. The predicted octanol–water partition coefficient (Wildman–Crippen LogP) is 1.89. The highest BCUT2D eigenvalue weighted by molar-refractivity contribution is 5.85. The molecule has 1 saturated heterocycles. The summed E-state index contributed by atoms with van der Waals surface area (Å²) in [5.41, 5.74) is 0. The topological polar surface area (TPSA) is 67.4 Å². The number of ether oxygens (including phenoxy) is 1. The van der Waals surface area contributed by atoms with Crippen LogP contribution in [-0.2, 0) is 14.3 Å². The van der Waals surface area contributed by atoms with E-state index in [-0.39, 0.29) is 24.3 Å². The van der Waals surface area contributed by atoms with E-state index in [1.165, 1.54) is 0 Å². The summed E-state index contributed by atoms with van der Waals surface area (Å²) in [6.45, 7) is 7.05. The molecule has 1 amide bonds. The zero-order chi connectivity index (χ0) is 14.8. The lowest BCUT2D eigenvalue weighted by Crippen LogP contribution is -2.33. The molecule has 1 atom stereocenters. The van der Waals surface area contributed by atoms with E-state index < -0.39 is 0 Å². The van der Waals surface area contributed by atoms with Crippen molar-refractivity contribution >= 4 is 24.3 Å². The maximum Gasteiger partial charge on any atom is 0.305 e. The van der Waals surface area contributed by atoms with E-state index in [1.54, 1.807) is 6.92 Å². The number of carbonyl (C=O) groups is 2. The largest absolute Gasteiger partial charge is 0.466 e. The van der Waals surface area contributed by atoms with Crippen LogP contribution in [-0.4, -0.2) is 38.1 Å². The molecule has 0 spiro atoms. The van der Waals surface area contributed by atoms with Crippen LogP contribution in [0.5, 0.6) is 0 Å². The van der Waals surface area contributed by atoms with E-state index >= 15 is 0 Å². The molecule has 0 aromatic rings. The second-order valence-corrected chi connectivity index (χ2v) is 5.53. The van der Waals surface area contributed by atoms with Gasteiger partial charge in [-0.1, -0.05) is 6.92 Å². The summed E-state index contributed by atoms with van der Waals surface area (Å²) < 4.78 is 4.84. The minimum absolute atomic E-state index is 0. The lowest BCUT2D eigenvalue weighted by atomic mass is 9.84. The van der Waals surface area contributed by atoms with Crippen LogP contribution in [0.25, 0.3) is 0 Å². The third kappa shape index (κ3) is 8.94. The zero-order valence-electron chi connectivity index (χ0n) is 13.2. The highest BCUT2D eigenvalue weighted by Crippen LogP contribution is 2.23. The Balaban J connectivity index is 0.00000400. The summed E-state index contributed by atoms with van der Waals surface area (Å²) in [5, 5.41) is 6.23. The number of nitrogens with one attached hydrogen (secondary N) is 2. The smallest absolute Gasteiger partial charge is 0.305 e. The number of piperidine rings is 1. The van der Waals surface area contributed by atoms with Crippen LogP contribution in [0.3, 0.4) is 0 Å². The second kappa shape index (κ2) is 11.8. The molecule has 124 valence electrons. The number of esters is 1. The van der Waals surface area contributed by atoms with Crippen LogP contribution < -0.4 is 10.6 Å². The molecule has 21 heavy (non-hydrogen) atoms. The summed E-state index contributed by atoms with van der Waals surface area (Å²) >= 11 is 0. The third-order valence-electron chi connectivity index (χ3n) is 3.88. The monoisotopic (exact) mass is 320 g/mol. The second-order valence-electron chi connectivity index (χ2n) is 5.53. The van der Waals surface area contributed by atoms with Crippen LogP contribution in [0.2, 0.25) is 0 Å². The van der Waals surface area contributed by atoms with E-state index in [0.717, 1.165) is 25.9 Å². The van der Waals surface area contributed by atoms with Gasteiger partial charge in [-0.15, -0.1) is 12.4 Å². The Kier molecular flexibility index (Phi) is 11.4. The summed E-state index contributed by atoms with van der Waals surface area (Å²) in [6, 6.07) is 0. The van der Waals surface area contributed by atoms with Gasteiger partial charge in [0.15, 0.2) is 0 Å². The first kappa shape index (κ1) is 20.2. The van der Waals surface area contributed by atoms with Gasteiger partial charge < -0.3 is 15.4 Å². The number of carbonyl (C=O) groups excluding carboxylic acids is 2. The molecule has 1 aliphatic rings. The average Bonchev–Trinajstić information content (AvgIpc) is 2.45. The lowest BCUT2D eigenvalue weighted by molar-refractivity contribution is -0.143. The quantitative estimate of drug-likeness (QED) is 0.529. The molecule has 1 aliphatic heterocycles. The molecule has 6 heteroatoms. The number of hydrogen-bond acceptors (Lipinski definition) is 4. The van der Waals surface area contributed by atoms with Crippen molar-refractivity contribution in [1.82, 2.24) is 10.6 Å². The van der Waals surface area contributed by atoms with Gasteiger partial charge in [0, 0.05) is 19.4 Å². The zero-order valence-corrected chi connectivity index (χ0v) is 14.0. The first-order valence-corrected chi connectivity index (χ1v) is 7.76. The number of rotatable bonds is 8. The predicted molar refractivity (Wildman–Crippen MR) is 85.5 cm³/mol. The van der Waals surface area contributed by atoms with Gasteiger partial charge in [-0.05, 0) is 51.1 Å². The van der Waals surface area contributed by atoms with Crippen molar-refractivity contribution in [2.45, 2.75) is 46.0 Å². The normalized spacial score (nSPS) is 16.7. The van der Waals surface area contributed by atoms with Crippen molar-refractivity contribution in [2.75, 3.05) is 26.2 Å². The minimum atomic E-state index is -0.190. The van der Waals surface area contributed by atoms with Gasteiger partial charge in [-0.2, -0.15) is 0 Å². The standard InChI is InChI=1S/C15H28N2O3.ClH/c1-3-20-15(19)5-4-8-17-14(18)11-12(2)13-6-9-16-10-7-13;/h12-13,16H,3-11H2,1-2H3,(H,17,18);1H. The molecule has 0 aromatic carbocycles. The number of amides is 1. The Hall–Kier alpha value is -0.810. The lowest BCUT2D eigenvalue weighted by Gasteiger charge is -2.27. The highest BCUT2D eigenvalue weighted by atomic mass is 35.5. The molecule has 1 heterocycles. The fourth-order valence-corrected chi connectivity index (χ4v) is 2.64. The van der Waals surface area contributed by atoms with Gasteiger partial charge in [0.25, 0.3) is 0 Å². The molecular formula is C15H29ClN2O3. The maximum absolute atomic E-state index is 11.8. The van der Waals surface area contributed by atoms with Gasteiger partial charge in [0.2, 0.25) is 5.91 Å². The molecule has 0 bridgehead atoms. The molecule has 0 radical (unpaired) electrons. The van der Waals surface area contributed by atoms with Crippen LogP contribution in [0.4, 0.5) is 0 Å². The molecule has 1 fully saturated rings. The van der Waals surface area contributed by atoms with Gasteiger partial charge in [-0.25, -0.2) is 0 Å². The minimum Gasteiger partial charge on any atom is -0.466 e. The average molecular weight is 321 g/mol. The molecular weight excluding hydrogens is 292 g/mol. The van der Waals surface area contributed by atoms with E-state index in [1.807, 2.05) is 0 Å².